The molecule has 0 aromatic carbocycles. The highest BCUT2D eigenvalue weighted by Crippen LogP contribution is 1.97. The number of ether oxygens (including phenoxy) is 1. The zero-order valence-electron chi connectivity index (χ0n) is 4.24. The lowest BCUT2D eigenvalue weighted by Gasteiger charge is -1.91. The lowest BCUT2D eigenvalue weighted by Crippen LogP contribution is -1.82. The van der Waals surface area contributed by atoms with Gasteiger partial charge in [0.2, 0.25) is 5.88 Å². The van der Waals surface area contributed by atoms with E-state index in [1.54, 1.807) is 12.4 Å². The molecule has 1 rings (SSSR count). The third kappa shape index (κ3) is 0.932. The standard InChI is InChI=1S/C5H5N2O/c1-8-5-4-6-2-3-7-5/h2-4H,1H2. The van der Waals surface area contributed by atoms with Crippen molar-refractivity contribution >= 4 is 0 Å². The predicted octanol–water partition coefficient (Wildman–Crippen LogP) is 0.647. The van der Waals surface area contributed by atoms with E-state index < -0.39 is 0 Å². The molecule has 0 aliphatic carbocycles. The molecule has 1 aromatic heterocycles. The van der Waals surface area contributed by atoms with Crippen molar-refractivity contribution in [3.8, 4) is 5.88 Å². The van der Waals surface area contributed by atoms with Gasteiger partial charge < -0.3 is 4.74 Å². The zero-order valence-corrected chi connectivity index (χ0v) is 4.24. The first-order chi connectivity index (χ1) is 3.93. The van der Waals surface area contributed by atoms with E-state index in [0.717, 1.165) is 0 Å². The number of aromatic nitrogens is 2. The fraction of sp³-hybridized carbons (Fsp3) is 0. The predicted molar refractivity (Wildman–Crippen MR) is 28.0 cm³/mol. The molecule has 0 unspecified atom stereocenters. The molecule has 3 nitrogen and oxygen atoms in total. The van der Waals surface area contributed by atoms with E-state index in [9.17, 15) is 0 Å². The molecule has 0 aliphatic rings. The molecule has 1 aromatic rings. The van der Waals surface area contributed by atoms with Crippen LogP contribution in [0.3, 0.4) is 0 Å². The van der Waals surface area contributed by atoms with E-state index in [1.807, 2.05) is 0 Å². The van der Waals surface area contributed by atoms with Crippen LogP contribution in [0.1, 0.15) is 0 Å². The summed E-state index contributed by atoms with van der Waals surface area (Å²) >= 11 is 0. The molecular formula is C5H5N2O. The highest BCUT2D eigenvalue weighted by molar-refractivity contribution is 5.00. The number of nitrogens with zero attached hydrogens (tertiary/aromatic N) is 2. The van der Waals surface area contributed by atoms with Crippen molar-refractivity contribution in [2.24, 2.45) is 0 Å². The molecular weight excluding hydrogens is 104 g/mol. The fourth-order valence-electron chi connectivity index (χ4n) is 0.360. The molecule has 0 saturated carbocycles. The molecule has 0 fully saturated rings. The van der Waals surface area contributed by atoms with Crippen molar-refractivity contribution in [3.63, 3.8) is 0 Å². The van der Waals surface area contributed by atoms with E-state index in [4.69, 9.17) is 0 Å². The highest BCUT2D eigenvalue weighted by Gasteiger charge is 1.83. The summed E-state index contributed by atoms with van der Waals surface area (Å²) in [5, 5.41) is 0. The lowest BCUT2D eigenvalue weighted by molar-refractivity contribution is 0.450. The maximum Gasteiger partial charge on any atom is 0.232 e. The summed E-state index contributed by atoms with van der Waals surface area (Å²) in [4.78, 5) is 7.48. The van der Waals surface area contributed by atoms with Gasteiger partial charge in [-0.1, -0.05) is 0 Å². The Morgan fingerprint density at radius 1 is 1.50 bits per heavy atom. The van der Waals surface area contributed by atoms with Gasteiger partial charge in [0.25, 0.3) is 0 Å². The van der Waals surface area contributed by atoms with Crippen LogP contribution in [0.15, 0.2) is 18.6 Å². The van der Waals surface area contributed by atoms with E-state index in [-0.39, 0.29) is 0 Å². The summed E-state index contributed by atoms with van der Waals surface area (Å²) in [6, 6.07) is 0. The summed E-state index contributed by atoms with van der Waals surface area (Å²) in [7, 11) is 3.15. The number of rotatable bonds is 1. The van der Waals surface area contributed by atoms with Crippen molar-refractivity contribution in [2.75, 3.05) is 0 Å². The summed E-state index contributed by atoms with van der Waals surface area (Å²) in [6.07, 6.45) is 4.61. The van der Waals surface area contributed by atoms with Crippen molar-refractivity contribution < 1.29 is 4.74 Å². The van der Waals surface area contributed by atoms with Crippen LogP contribution < -0.4 is 4.74 Å². The Bertz CT molecular complexity index is 152. The van der Waals surface area contributed by atoms with Crippen molar-refractivity contribution in [1.29, 1.82) is 0 Å². The second kappa shape index (κ2) is 2.26. The molecule has 1 radical (unpaired) electrons. The molecule has 3 heteroatoms. The normalized spacial score (nSPS) is 8.62. The average molecular weight is 109 g/mol. The van der Waals surface area contributed by atoms with Gasteiger partial charge in [-0.05, 0) is 0 Å². The Kier molecular flexibility index (Phi) is 1.42. The van der Waals surface area contributed by atoms with Crippen LogP contribution in [0.5, 0.6) is 5.88 Å². The van der Waals surface area contributed by atoms with Crippen LogP contribution in [0.25, 0.3) is 0 Å². The van der Waals surface area contributed by atoms with Gasteiger partial charge in [0, 0.05) is 12.4 Å². The first-order valence-electron chi connectivity index (χ1n) is 2.11. The topological polar surface area (TPSA) is 35.0 Å². The fourth-order valence-corrected chi connectivity index (χ4v) is 0.360. The molecule has 8 heavy (non-hydrogen) atoms. The van der Waals surface area contributed by atoms with Crippen LogP contribution in [-0.4, -0.2) is 9.97 Å². The van der Waals surface area contributed by atoms with E-state index >= 15 is 0 Å². The van der Waals surface area contributed by atoms with Crippen LogP contribution >= 0.6 is 0 Å². The Morgan fingerprint density at radius 2 is 2.38 bits per heavy atom. The monoisotopic (exact) mass is 109 g/mol. The maximum absolute atomic E-state index is 4.49. The minimum atomic E-state index is 0.438. The van der Waals surface area contributed by atoms with Gasteiger partial charge in [-0.3, -0.25) is 4.98 Å². The molecule has 0 saturated heterocycles. The van der Waals surface area contributed by atoms with E-state index in [0.29, 0.717) is 5.88 Å². The number of hydrogen-bond acceptors (Lipinski definition) is 3. The Morgan fingerprint density at radius 3 is 2.75 bits per heavy atom. The van der Waals surface area contributed by atoms with Gasteiger partial charge in [-0.25, -0.2) is 4.98 Å². The summed E-state index contributed by atoms with van der Waals surface area (Å²) in [5.74, 6) is 0.438. The highest BCUT2D eigenvalue weighted by atomic mass is 16.5. The summed E-state index contributed by atoms with van der Waals surface area (Å²) in [5.41, 5.74) is 0. The van der Waals surface area contributed by atoms with Crippen molar-refractivity contribution in [3.05, 3.63) is 25.7 Å². The van der Waals surface area contributed by atoms with Crippen LogP contribution in [0, 0.1) is 7.11 Å². The first-order valence-corrected chi connectivity index (χ1v) is 2.11. The quantitative estimate of drug-likeness (QED) is 0.531. The van der Waals surface area contributed by atoms with Crippen LogP contribution in [-0.2, 0) is 0 Å². The van der Waals surface area contributed by atoms with E-state index in [1.165, 1.54) is 6.20 Å². The molecule has 0 bridgehead atoms. The molecule has 1 heterocycles. The molecule has 0 amide bonds. The maximum atomic E-state index is 4.49. The Hall–Kier alpha value is -1.12. The van der Waals surface area contributed by atoms with Crippen molar-refractivity contribution in [1.82, 2.24) is 9.97 Å². The van der Waals surface area contributed by atoms with Gasteiger partial charge in [-0.2, -0.15) is 0 Å². The van der Waals surface area contributed by atoms with Crippen LogP contribution in [0.2, 0.25) is 0 Å². The minimum absolute atomic E-state index is 0.438. The van der Waals surface area contributed by atoms with Crippen molar-refractivity contribution in [2.45, 2.75) is 0 Å². The summed E-state index contributed by atoms with van der Waals surface area (Å²) < 4.78 is 4.49. The molecule has 0 N–H and O–H groups in total. The lowest BCUT2D eigenvalue weighted by atomic mass is 10.7. The Balaban J connectivity index is 2.83. The first kappa shape index (κ1) is 5.03. The van der Waals surface area contributed by atoms with Gasteiger partial charge >= 0.3 is 0 Å². The third-order valence-corrected chi connectivity index (χ3v) is 0.687. The zero-order chi connectivity index (χ0) is 5.82. The smallest absolute Gasteiger partial charge is 0.232 e. The molecule has 0 aliphatic heterocycles. The molecule has 0 spiro atoms. The van der Waals surface area contributed by atoms with Gasteiger partial charge in [0.1, 0.15) is 7.11 Å². The SMILES string of the molecule is [CH2]Oc1cnccn1. The minimum Gasteiger partial charge on any atom is -0.473 e. The third-order valence-electron chi connectivity index (χ3n) is 0.687. The van der Waals surface area contributed by atoms with Gasteiger partial charge in [0.15, 0.2) is 0 Å². The number of hydrogen-bond donors (Lipinski definition) is 0. The molecule has 0 atom stereocenters. The average Bonchev–Trinajstić information content (AvgIpc) is 1.90. The van der Waals surface area contributed by atoms with Gasteiger partial charge in [0.05, 0.1) is 6.20 Å². The largest absolute Gasteiger partial charge is 0.473 e. The second-order valence-corrected chi connectivity index (χ2v) is 1.19. The second-order valence-electron chi connectivity index (χ2n) is 1.19. The van der Waals surface area contributed by atoms with Gasteiger partial charge in [-0.15, -0.1) is 0 Å². The summed E-state index contributed by atoms with van der Waals surface area (Å²) in [6.45, 7) is 0. The Labute approximate surface area is 47.3 Å². The van der Waals surface area contributed by atoms with Crippen LogP contribution in [0.4, 0.5) is 0 Å². The van der Waals surface area contributed by atoms with E-state index in [2.05, 4.69) is 21.8 Å². The molecule has 41 valence electrons.